The lowest BCUT2D eigenvalue weighted by Gasteiger charge is -2.60. The van der Waals surface area contributed by atoms with Crippen molar-refractivity contribution in [1.82, 2.24) is 0 Å². The van der Waals surface area contributed by atoms with Crippen molar-refractivity contribution in [2.75, 3.05) is 0 Å². The lowest BCUT2D eigenvalue weighted by molar-refractivity contribution is -0.152. The minimum Gasteiger partial charge on any atom is -0.504 e. The molecule has 1 saturated carbocycles. The molecule has 2 bridgehead atoms. The third-order valence-corrected chi connectivity index (χ3v) is 10.3. The Morgan fingerprint density at radius 1 is 0.955 bits per heavy atom. The number of allylic oxidation sites excluding steroid dienone is 7. The molecule has 0 spiro atoms. The highest BCUT2D eigenvalue weighted by atomic mass is 16.3. The molecule has 0 amide bonds. The molecule has 0 saturated heterocycles. The van der Waals surface area contributed by atoms with Crippen molar-refractivity contribution in [2.45, 2.75) is 99.8 Å². The number of fused-ring (bicyclic) bond motifs is 5. The van der Waals surface area contributed by atoms with Gasteiger partial charge in [-0.25, -0.2) is 0 Å². The molecule has 2 aliphatic rings. The largest absolute Gasteiger partial charge is 0.504 e. The lowest BCUT2D eigenvalue weighted by atomic mass is 9.39. The Morgan fingerprint density at radius 2 is 1.55 bits per heavy atom. The van der Waals surface area contributed by atoms with Gasteiger partial charge >= 0.3 is 0 Å². The molecule has 0 aliphatic heterocycles. The molecule has 2 aliphatic carbocycles. The molecule has 236 valence electrons. The number of aromatic hydroxyl groups is 2. The van der Waals surface area contributed by atoms with E-state index in [0.29, 0.717) is 19.3 Å². The molecule has 0 radical (unpaired) electrons. The van der Waals surface area contributed by atoms with Gasteiger partial charge in [-0.05, 0) is 104 Å². The van der Waals surface area contributed by atoms with Crippen LogP contribution in [0.15, 0.2) is 68.4 Å². The van der Waals surface area contributed by atoms with E-state index in [9.17, 15) is 19.8 Å². The number of carbonyl (C=O) groups is 2. The smallest absolute Gasteiger partial charge is 0.204 e. The van der Waals surface area contributed by atoms with Gasteiger partial charge in [0.2, 0.25) is 5.43 Å². The second-order valence-electron chi connectivity index (χ2n) is 14.5. The first-order valence-corrected chi connectivity index (χ1v) is 15.6. The molecule has 1 fully saturated rings. The zero-order chi connectivity index (χ0) is 32.9. The lowest BCUT2D eigenvalue weighted by Crippen LogP contribution is -2.68. The van der Waals surface area contributed by atoms with Gasteiger partial charge in [-0.2, -0.15) is 0 Å². The molecular weight excluding hydrogens is 552 g/mol. The number of carbonyl (C=O) groups excluding carboxylic acids is 2. The van der Waals surface area contributed by atoms with E-state index in [-0.39, 0.29) is 52.8 Å². The maximum Gasteiger partial charge on any atom is 0.204 e. The number of phenolic OH excluding ortho intramolecular Hbond substituents is 2. The van der Waals surface area contributed by atoms with Gasteiger partial charge in [0.05, 0.1) is 16.2 Å². The summed E-state index contributed by atoms with van der Waals surface area (Å²) in [7, 11) is 0. The summed E-state index contributed by atoms with van der Waals surface area (Å²) < 4.78 is 6.46. The molecule has 44 heavy (non-hydrogen) atoms. The summed E-state index contributed by atoms with van der Waals surface area (Å²) in [5.74, 6) is -1.80. The molecule has 1 aromatic heterocycles. The molecule has 1 heterocycles. The van der Waals surface area contributed by atoms with E-state index in [1.165, 1.54) is 6.07 Å². The Balaban J connectivity index is 2.17. The van der Waals surface area contributed by atoms with Crippen molar-refractivity contribution in [2.24, 2.45) is 22.7 Å². The monoisotopic (exact) mass is 600 g/mol. The van der Waals surface area contributed by atoms with Crippen molar-refractivity contribution in [3.8, 4) is 11.5 Å². The zero-order valence-corrected chi connectivity index (χ0v) is 27.8. The quantitative estimate of drug-likeness (QED) is 0.169. The predicted molar refractivity (Wildman–Crippen MR) is 176 cm³/mol. The van der Waals surface area contributed by atoms with E-state index in [1.807, 2.05) is 54.5 Å². The standard InChI is InChI=1S/C38H48O6/c1-21(2)11-13-25(24(7)8)19-37-20-26(14-12-22(3)4)36(9,10)38(35(37)43,16-15-23(5)6)34-31(33(37)42)32(41)27-17-28(39)29(40)18-30(27)44-34/h11-12,15,17-18,25-26,39-40H,7,13-14,16,19-20H2,1-6,8-10H3/t25-,26-,37-,38+/m1/s1. The number of phenols is 2. The Morgan fingerprint density at radius 3 is 2.11 bits per heavy atom. The molecule has 2 aromatic rings. The van der Waals surface area contributed by atoms with Gasteiger partial charge in [0, 0.05) is 6.07 Å². The van der Waals surface area contributed by atoms with Gasteiger partial charge in [-0.3, -0.25) is 14.4 Å². The molecule has 6 nitrogen and oxygen atoms in total. The van der Waals surface area contributed by atoms with Crippen molar-refractivity contribution < 1.29 is 24.2 Å². The second-order valence-corrected chi connectivity index (χ2v) is 14.5. The summed E-state index contributed by atoms with van der Waals surface area (Å²) in [5, 5.41) is 20.6. The average molecular weight is 601 g/mol. The van der Waals surface area contributed by atoms with Crippen molar-refractivity contribution in [3.05, 3.63) is 80.8 Å². The minimum atomic E-state index is -1.46. The fourth-order valence-electron chi connectivity index (χ4n) is 7.46. The topological polar surface area (TPSA) is 105 Å². The van der Waals surface area contributed by atoms with Crippen LogP contribution in [0.25, 0.3) is 11.0 Å². The van der Waals surface area contributed by atoms with E-state index in [2.05, 4.69) is 32.6 Å². The van der Waals surface area contributed by atoms with E-state index >= 15 is 4.79 Å². The molecule has 6 heteroatoms. The second kappa shape index (κ2) is 11.7. The zero-order valence-electron chi connectivity index (χ0n) is 27.8. The highest BCUT2D eigenvalue weighted by molar-refractivity contribution is 6.23. The highest BCUT2D eigenvalue weighted by Gasteiger charge is 2.72. The number of rotatable bonds is 9. The van der Waals surface area contributed by atoms with Crippen molar-refractivity contribution >= 4 is 22.5 Å². The van der Waals surface area contributed by atoms with Crippen LogP contribution in [0, 0.1) is 22.7 Å². The summed E-state index contributed by atoms with van der Waals surface area (Å²) in [6.07, 6.45) is 8.42. The van der Waals surface area contributed by atoms with Gasteiger partial charge in [0.15, 0.2) is 23.1 Å². The number of ketones is 2. The van der Waals surface area contributed by atoms with E-state index in [0.717, 1.165) is 28.4 Å². The van der Waals surface area contributed by atoms with Gasteiger partial charge in [0.25, 0.3) is 0 Å². The van der Waals surface area contributed by atoms with Crippen molar-refractivity contribution in [1.29, 1.82) is 0 Å². The van der Waals surface area contributed by atoms with Crippen LogP contribution >= 0.6 is 0 Å². The number of hydrogen-bond donors (Lipinski definition) is 2. The van der Waals surface area contributed by atoms with Crippen molar-refractivity contribution in [3.63, 3.8) is 0 Å². The number of hydrogen-bond acceptors (Lipinski definition) is 6. The summed E-state index contributed by atoms with van der Waals surface area (Å²) in [5.41, 5.74) is -0.00105. The Bertz CT molecular complexity index is 1680. The van der Waals surface area contributed by atoms with Gasteiger partial charge in [0.1, 0.15) is 16.9 Å². The summed E-state index contributed by atoms with van der Waals surface area (Å²) in [6, 6.07) is 2.32. The molecule has 4 atom stereocenters. The van der Waals surface area contributed by atoms with E-state index in [1.54, 1.807) is 0 Å². The summed E-state index contributed by atoms with van der Waals surface area (Å²) >= 11 is 0. The normalized spacial score (nSPS) is 24.3. The Kier molecular flexibility index (Phi) is 8.82. The molecule has 2 N–H and O–H groups in total. The molecular formula is C38H48O6. The van der Waals surface area contributed by atoms with Crippen LogP contribution in [0.1, 0.15) is 111 Å². The average Bonchev–Trinajstić information content (AvgIpc) is 2.91. The van der Waals surface area contributed by atoms with Gasteiger partial charge < -0.3 is 14.6 Å². The van der Waals surface area contributed by atoms with Crippen LogP contribution in [-0.2, 0) is 10.2 Å². The number of benzene rings is 1. The fourth-order valence-corrected chi connectivity index (χ4v) is 7.46. The van der Waals surface area contributed by atoms with Crippen LogP contribution in [0.4, 0.5) is 0 Å². The maximum atomic E-state index is 15.4. The molecule has 0 unspecified atom stereocenters. The van der Waals surface area contributed by atoms with Crippen LogP contribution < -0.4 is 5.43 Å². The summed E-state index contributed by atoms with van der Waals surface area (Å²) in [4.78, 5) is 44.7. The predicted octanol–water partition coefficient (Wildman–Crippen LogP) is 8.89. The molecule has 1 aromatic carbocycles. The maximum absolute atomic E-state index is 15.4. The fraction of sp³-hybridized carbons (Fsp3) is 0.500. The first-order chi connectivity index (χ1) is 20.4. The van der Waals surface area contributed by atoms with Crippen LogP contribution in [-0.4, -0.2) is 21.8 Å². The number of Topliss-reactive ketones (excluding diaryl/α,β-unsaturated/α-hetero) is 2. The van der Waals surface area contributed by atoms with Gasteiger partial charge in [-0.15, -0.1) is 0 Å². The van der Waals surface area contributed by atoms with E-state index in [4.69, 9.17) is 4.42 Å². The Hall–Kier alpha value is -3.67. The van der Waals surface area contributed by atoms with E-state index < -0.39 is 39.0 Å². The summed E-state index contributed by atoms with van der Waals surface area (Å²) in [6.45, 7) is 22.4. The minimum absolute atomic E-state index is 0.00720. The SMILES string of the molecule is C=C(C)[C@H](CC=C(C)C)C[C@]12C[C@@H](CC=C(C)C)C(C)(C)[C@](CC=C(C)C)(C1=O)c1oc3cc(O)c(O)cc3c(=O)c1C2=O. The third kappa shape index (κ3) is 5.20. The Labute approximate surface area is 261 Å². The van der Waals surface area contributed by atoms with Crippen LogP contribution in [0.2, 0.25) is 0 Å². The molecule has 4 rings (SSSR count). The first-order valence-electron chi connectivity index (χ1n) is 15.6. The third-order valence-electron chi connectivity index (χ3n) is 10.3. The van der Waals surface area contributed by atoms with Gasteiger partial charge in [-0.1, -0.05) is 60.9 Å². The highest BCUT2D eigenvalue weighted by Crippen LogP contribution is 2.66. The van der Waals surface area contributed by atoms with Crippen LogP contribution in [0.3, 0.4) is 0 Å². The first kappa shape index (κ1) is 33.2. The van der Waals surface area contributed by atoms with Crippen LogP contribution in [0.5, 0.6) is 11.5 Å².